The third-order valence-corrected chi connectivity index (χ3v) is 4.41. The Balaban J connectivity index is 1.87. The minimum Gasteiger partial charge on any atom is -0.444 e. The quantitative estimate of drug-likeness (QED) is 0.278. The molecular weight excluding hydrogens is 402 g/mol. The Hall–Kier alpha value is -1.41. The number of alkyl carbamates (subject to hydrolysis) is 1. The molecule has 180 valence electrons. The second-order valence-corrected chi connectivity index (χ2v) is 8.21. The first-order chi connectivity index (χ1) is 14.9. The maximum atomic E-state index is 11.7. The van der Waals surface area contributed by atoms with Crippen molar-refractivity contribution in [2.75, 3.05) is 98.7 Å². The molecule has 0 spiro atoms. The van der Waals surface area contributed by atoms with Crippen LogP contribution < -0.4 is 5.32 Å². The van der Waals surface area contributed by atoms with E-state index >= 15 is 0 Å². The number of rotatable bonds is 16. The predicted molar refractivity (Wildman–Crippen MR) is 119 cm³/mol. The Bertz CT molecular complexity index is 498. The van der Waals surface area contributed by atoms with E-state index in [1.807, 2.05) is 20.8 Å². The molecule has 9 nitrogen and oxygen atoms in total. The smallest absolute Gasteiger partial charge is 0.407 e. The number of nitrogens with one attached hydrogen (secondary N) is 1. The number of carbonyl (C=O) groups excluding carboxylic acids is 1. The van der Waals surface area contributed by atoms with Crippen LogP contribution in [0.5, 0.6) is 0 Å². The van der Waals surface area contributed by atoms with Crippen LogP contribution in [0.1, 0.15) is 20.8 Å². The highest BCUT2D eigenvalue weighted by Gasteiger charge is 2.18. The Morgan fingerprint density at radius 1 is 0.839 bits per heavy atom. The number of carbonyl (C=O) groups is 1. The molecule has 1 amide bonds. The highest BCUT2D eigenvalue weighted by Crippen LogP contribution is 2.06. The van der Waals surface area contributed by atoms with Gasteiger partial charge in [-0.2, -0.15) is 0 Å². The summed E-state index contributed by atoms with van der Waals surface area (Å²) in [5.74, 6) is 2.40. The molecule has 1 saturated heterocycles. The zero-order chi connectivity index (χ0) is 22.8. The van der Waals surface area contributed by atoms with E-state index in [0.717, 1.165) is 39.3 Å². The molecule has 0 aliphatic carbocycles. The summed E-state index contributed by atoms with van der Waals surface area (Å²) in [6.45, 7) is 16.2. The average Bonchev–Trinajstić information content (AvgIpc) is 2.71. The summed E-state index contributed by atoms with van der Waals surface area (Å²) < 4.78 is 26.8. The monoisotopic (exact) mass is 443 g/mol. The van der Waals surface area contributed by atoms with Gasteiger partial charge in [0.05, 0.1) is 46.2 Å². The Morgan fingerprint density at radius 3 is 1.84 bits per heavy atom. The van der Waals surface area contributed by atoms with Gasteiger partial charge >= 0.3 is 6.09 Å². The van der Waals surface area contributed by atoms with Crippen molar-refractivity contribution in [1.29, 1.82) is 0 Å². The second-order valence-electron chi connectivity index (χ2n) is 8.21. The van der Waals surface area contributed by atoms with Crippen LogP contribution in [-0.4, -0.2) is 120 Å². The molecule has 31 heavy (non-hydrogen) atoms. The van der Waals surface area contributed by atoms with Crippen molar-refractivity contribution >= 4 is 6.09 Å². The second kappa shape index (κ2) is 17.2. The number of ether oxygens (including phenoxy) is 5. The van der Waals surface area contributed by atoms with E-state index in [1.165, 1.54) is 0 Å². The largest absolute Gasteiger partial charge is 0.444 e. The molecule has 0 radical (unpaired) electrons. The van der Waals surface area contributed by atoms with E-state index in [1.54, 1.807) is 0 Å². The molecule has 0 bridgehead atoms. The van der Waals surface area contributed by atoms with Crippen molar-refractivity contribution in [3.63, 3.8) is 0 Å². The average molecular weight is 444 g/mol. The lowest BCUT2D eigenvalue weighted by atomic mass is 10.2. The molecule has 1 aliphatic rings. The summed E-state index contributed by atoms with van der Waals surface area (Å²) in [7, 11) is 0. The zero-order valence-corrected chi connectivity index (χ0v) is 19.5. The van der Waals surface area contributed by atoms with E-state index in [4.69, 9.17) is 30.1 Å². The van der Waals surface area contributed by atoms with Crippen LogP contribution in [-0.2, 0) is 23.7 Å². The van der Waals surface area contributed by atoms with Crippen molar-refractivity contribution in [2.45, 2.75) is 26.4 Å². The summed E-state index contributed by atoms with van der Waals surface area (Å²) in [4.78, 5) is 16.4. The number of hydrogen-bond donors (Lipinski definition) is 1. The normalized spacial score (nSPS) is 15.5. The Labute approximate surface area is 187 Å². The molecule has 0 saturated carbocycles. The van der Waals surface area contributed by atoms with E-state index in [0.29, 0.717) is 59.4 Å². The van der Waals surface area contributed by atoms with Crippen molar-refractivity contribution in [3.8, 4) is 12.3 Å². The first-order valence-electron chi connectivity index (χ1n) is 11.1. The predicted octanol–water partition coefficient (Wildman–Crippen LogP) is 0.828. The molecule has 0 aromatic carbocycles. The van der Waals surface area contributed by atoms with E-state index < -0.39 is 5.60 Å². The summed E-state index contributed by atoms with van der Waals surface area (Å²) in [6.07, 6.45) is 4.72. The SMILES string of the molecule is C#CCOCCOCCOCCOCCN1CCN(CCNC(=O)OC(C)(C)C)CC1. The third kappa shape index (κ3) is 16.9. The van der Waals surface area contributed by atoms with E-state index in [2.05, 4.69) is 21.0 Å². The molecule has 0 aromatic rings. The molecule has 1 heterocycles. The van der Waals surface area contributed by atoms with Gasteiger partial charge in [0.15, 0.2) is 0 Å². The summed E-state index contributed by atoms with van der Waals surface area (Å²) in [5.41, 5.74) is -0.462. The highest BCUT2D eigenvalue weighted by molar-refractivity contribution is 5.67. The van der Waals surface area contributed by atoms with Gasteiger partial charge in [-0.05, 0) is 20.8 Å². The molecule has 1 N–H and O–H groups in total. The lowest BCUT2D eigenvalue weighted by molar-refractivity contribution is -0.00257. The van der Waals surface area contributed by atoms with Gasteiger partial charge in [0.25, 0.3) is 0 Å². The Kier molecular flexibility index (Phi) is 15.3. The lowest BCUT2D eigenvalue weighted by Gasteiger charge is -2.34. The number of terminal acetylenes is 1. The molecule has 0 unspecified atom stereocenters. The minimum absolute atomic E-state index is 0.320. The fourth-order valence-corrected chi connectivity index (χ4v) is 2.85. The van der Waals surface area contributed by atoms with Crippen LogP contribution in [0.2, 0.25) is 0 Å². The van der Waals surface area contributed by atoms with Gasteiger partial charge < -0.3 is 29.0 Å². The van der Waals surface area contributed by atoms with Crippen molar-refractivity contribution in [3.05, 3.63) is 0 Å². The summed E-state index contributed by atoms with van der Waals surface area (Å²) in [6, 6.07) is 0. The van der Waals surface area contributed by atoms with Gasteiger partial charge in [-0.1, -0.05) is 5.92 Å². The molecular formula is C22H41N3O6. The van der Waals surface area contributed by atoms with Crippen LogP contribution in [0, 0.1) is 12.3 Å². The van der Waals surface area contributed by atoms with Crippen molar-refractivity contribution in [2.24, 2.45) is 0 Å². The lowest BCUT2D eigenvalue weighted by Crippen LogP contribution is -2.49. The van der Waals surface area contributed by atoms with Crippen LogP contribution in [0.15, 0.2) is 0 Å². The van der Waals surface area contributed by atoms with Gasteiger partial charge in [0.2, 0.25) is 0 Å². The van der Waals surface area contributed by atoms with E-state index in [9.17, 15) is 4.79 Å². The third-order valence-electron chi connectivity index (χ3n) is 4.41. The zero-order valence-electron chi connectivity index (χ0n) is 19.5. The van der Waals surface area contributed by atoms with Crippen LogP contribution in [0.3, 0.4) is 0 Å². The standard InChI is InChI=1S/C22H41N3O6/c1-5-13-27-15-17-29-19-20-30-18-16-28-14-12-25-10-8-24(9-11-25)7-6-23-21(26)31-22(2,3)4/h1H,6-20H2,2-4H3,(H,23,26). The fraction of sp³-hybridized carbons (Fsp3) is 0.864. The maximum Gasteiger partial charge on any atom is 0.407 e. The van der Waals surface area contributed by atoms with Crippen molar-refractivity contribution in [1.82, 2.24) is 15.1 Å². The summed E-state index contributed by atoms with van der Waals surface area (Å²) in [5, 5.41) is 2.81. The van der Waals surface area contributed by atoms with Crippen molar-refractivity contribution < 1.29 is 28.5 Å². The molecule has 1 rings (SSSR count). The minimum atomic E-state index is -0.462. The number of amides is 1. The molecule has 0 aromatic heterocycles. The van der Waals surface area contributed by atoms with Gasteiger partial charge in [-0.3, -0.25) is 9.80 Å². The summed E-state index contributed by atoms with van der Waals surface area (Å²) >= 11 is 0. The van der Waals surface area contributed by atoms with Crippen LogP contribution in [0.25, 0.3) is 0 Å². The van der Waals surface area contributed by atoms with Gasteiger partial charge in [0, 0.05) is 45.8 Å². The number of nitrogens with zero attached hydrogens (tertiary/aromatic N) is 2. The first-order valence-corrected chi connectivity index (χ1v) is 11.1. The van der Waals surface area contributed by atoms with Crippen LogP contribution >= 0.6 is 0 Å². The fourth-order valence-electron chi connectivity index (χ4n) is 2.85. The molecule has 0 atom stereocenters. The van der Waals surface area contributed by atoms with Gasteiger partial charge in [-0.15, -0.1) is 6.42 Å². The van der Waals surface area contributed by atoms with Crippen LogP contribution in [0.4, 0.5) is 4.79 Å². The molecule has 9 heteroatoms. The number of hydrogen-bond acceptors (Lipinski definition) is 8. The van der Waals surface area contributed by atoms with Gasteiger partial charge in [0.1, 0.15) is 12.2 Å². The Morgan fingerprint density at radius 2 is 1.32 bits per heavy atom. The molecule has 1 fully saturated rings. The highest BCUT2D eigenvalue weighted by atomic mass is 16.6. The first kappa shape index (κ1) is 27.6. The topological polar surface area (TPSA) is 81.7 Å². The van der Waals surface area contributed by atoms with Gasteiger partial charge in [-0.25, -0.2) is 4.79 Å². The molecule has 1 aliphatic heterocycles. The number of piperazine rings is 1. The maximum absolute atomic E-state index is 11.7. The van der Waals surface area contributed by atoms with E-state index in [-0.39, 0.29) is 6.09 Å².